The molecule has 22 heavy (non-hydrogen) atoms. The predicted molar refractivity (Wildman–Crippen MR) is 82.8 cm³/mol. The fraction of sp³-hybridized carbons (Fsp3) is 0.429. The molecule has 2 rings (SSSR count). The van der Waals surface area contributed by atoms with Gasteiger partial charge in [0.15, 0.2) is 10.8 Å². The van der Waals surface area contributed by atoms with E-state index >= 15 is 0 Å². The highest BCUT2D eigenvalue weighted by molar-refractivity contribution is 7.13. The Kier molecular flexibility index (Phi) is 6.38. The summed E-state index contributed by atoms with van der Waals surface area (Å²) in [5, 5.41) is 2.35. The summed E-state index contributed by atoms with van der Waals surface area (Å²) < 4.78 is 10.1. The third-order valence-corrected chi connectivity index (χ3v) is 3.74. The molecule has 0 aliphatic heterocycles. The number of carbonyl (C=O) groups excluding carboxylic acids is 1. The Hall–Kier alpha value is -1.90. The molecule has 0 fully saturated rings. The van der Waals surface area contributed by atoms with Crippen molar-refractivity contribution < 1.29 is 14.3 Å². The van der Waals surface area contributed by atoms with Gasteiger partial charge in [-0.25, -0.2) is 15.0 Å². The van der Waals surface area contributed by atoms with E-state index in [1.54, 1.807) is 43.0 Å². The minimum absolute atomic E-state index is 0.146. The lowest BCUT2D eigenvalue weighted by atomic mass is 10.3. The van der Waals surface area contributed by atoms with Crippen LogP contribution in [0.1, 0.15) is 10.5 Å². The quantitative estimate of drug-likeness (QED) is 0.730. The third kappa shape index (κ3) is 4.30. The Morgan fingerprint density at radius 2 is 1.82 bits per heavy atom. The summed E-state index contributed by atoms with van der Waals surface area (Å²) in [5.74, 6) is 0.374. The van der Waals surface area contributed by atoms with E-state index in [2.05, 4.69) is 15.0 Å². The molecule has 0 N–H and O–H groups in total. The van der Waals surface area contributed by atoms with E-state index in [-0.39, 0.29) is 5.91 Å². The van der Waals surface area contributed by atoms with Crippen LogP contribution in [0.15, 0.2) is 23.8 Å². The van der Waals surface area contributed by atoms with Gasteiger partial charge in [-0.2, -0.15) is 0 Å². The van der Waals surface area contributed by atoms with E-state index in [4.69, 9.17) is 9.47 Å². The molecule has 0 aromatic carbocycles. The zero-order chi connectivity index (χ0) is 15.8. The number of thiazole rings is 1. The van der Waals surface area contributed by atoms with Gasteiger partial charge in [0.2, 0.25) is 0 Å². The summed E-state index contributed by atoms with van der Waals surface area (Å²) in [4.78, 5) is 26.8. The molecular formula is C14H18N4O3S. The second kappa shape index (κ2) is 8.52. The van der Waals surface area contributed by atoms with E-state index < -0.39 is 0 Å². The maximum Gasteiger partial charge on any atom is 0.273 e. The maximum absolute atomic E-state index is 12.5. The van der Waals surface area contributed by atoms with Gasteiger partial charge in [0.25, 0.3) is 5.91 Å². The van der Waals surface area contributed by atoms with Gasteiger partial charge in [-0.05, 0) is 6.07 Å². The Labute approximate surface area is 132 Å². The van der Waals surface area contributed by atoms with Crippen molar-refractivity contribution in [3.8, 4) is 10.8 Å². The lowest BCUT2D eigenvalue weighted by Crippen LogP contribution is -2.36. The molecule has 0 saturated heterocycles. The summed E-state index contributed by atoms with van der Waals surface area (Å²) in [6.07, 6.45) is 3.30. The largest absolute Gasteiger partial charge is 0.383 e. The van der Waals surface area contributed by atoms with E-state index in [1.165, 1.54) is 11.3 Å². The van der Waals surface area contributed by atoms with Crippen LogP contribution in [0.4, 0.5) is 0 Å². The van der Waals surface area contributed by atoms with Crippen LogP contribution in [0, 0.1) is 0 Å². The van der Waals surface area contributed by atoms with Crippen LogP contribution in [0.5, 0.6) is 0 Å². The number of hydrogen-bond donors (Lipinski definition) is 0. The standard InChI is InChI=1S/C14H18N4O3S/c1-20-8-6-18(7-9-21-2)14(19)11-10-22-13(17-11)12-15-4-3-5-16-12/h3-5,10H,6-9H2,1-2H3. The summed E-state index contributed by atoms with van der Waals surface area (Å²) in [6, 6.07) is 1.74. The molecule has 2 aromatic rings. The number of aromatic nitrogens is 3. The highest BCUT2D eigenvalue weighted by Crippen LogP contribution is 2.20. The molecule has 0 saturated carbocycles. The summed E-state index contributed by atoms with van der Waals surface area (Å²) in [6.45, 7) is 1.92. The number of rotatable bonds is 8. The van der Waals surface area contributed by atoms with Gasteiger partial charge in [0, 0.05) is 45.1 Å². The van der Waals surface area contributed by atoms with E-state index in [0.29, 0.717) is 42.8 Å². The van der Waals surface area contributed by atoms with Crippen LogP contribution < -0.4 is 0 Å². The van der Waals surface area contributed by atoms with Crippen molar-refractivity contribution in [2.75, 3.05) is 40.5 Å². The van der Waals surface area contributed by atoms with Gasteiger partial charge in [0.1, 0.15) is 5.69 Å². The van der Waals surface area contributed by atoms with Crippen LogP contribution in [-0.2, 0) is 9.47 Å². The molecule has 7 nitrogen and oxygen atoms in total. The topological polar surface area (TPSA) is 77.4 Å². The molecule has 0 spiro atoms. The third-order valence-electron chi connectivity index (χ3n) is 2.90. The van der Waals surface area contributed by atoms with Crippen molar-refractivity contribution >= 4 is 17.2 Å². The molecule has 1 amide bonds. The molecule has 0 atom stereocenters. The van der Waals surface area contributed by atoms with Crippen molar-refractivity contribution in [3.05, 3.63) is 29.5 Å². The summed E-state index contributed by atoms with van der Waals surface area (Å²) in [5.41, 5.74) is 0.389. The Bertz CT molecular complexity index is 583. The lowest BCUT2D eigenvalue weighted by molar-refractivity contribution is 0.0622. The van der Waals surface area contributed by atoms with Gasteiger partial charge >= 0.3 is 0 Å². The van der Waals surface area contributed by atoms with Crippen molar-refractivity contribution in [1.82, 2.24) is 19.9 Å². The first-order valence-corrected chi connectivity index (χ1v) is 7.64. The number of ether oxygens (including phenoxy) is 2. The zero-order valence-electron chi connectivity index (χ0n) is 12.6. The maximum atomic E-state index is 12.5. The van der Waals surface area contributed by atoms with Gasteiger partial charge in [0.05, 0.1) is 13.2 Å². The fourth-order valence-corrected chi connectivity index (χ4v) is 2.50. The average molecular weight is 322 g/mol. The van der Waals surface area contributed by atoms with E-state index in [9.17, 15) is 4.79 Å². The SMILES string of the molecule is COCCN(CCOC)C(=O)c1csc(-c2ncccn2)n1. The monoisotopic (exact) mass is 322 g/mol. The van der Waals surface area contributed by atoms with Crippen LogP contribution in [0.3, 0.4) is 0 Å². The molecule has 2 aromatic heterocycles. The van der Waals surface area contributed by atoms with Crippen LogP contribution in [0.25, 0.3) is 10.8 Å². The molecule has 0 radical (unpaired) electrons. The van der Waals surface area contributed by atoms with Gasteiger partial charge in [-0.1, -0.05) is 0 Å². The fourth-order valence-electron chi connectivity index (χ4n) is 1.76. The van der Waals surface area contributed by atoms with Crippen LogP contribution >= 0.6 is 11.3 Å². The average Bonchev–Trinajstić information content (AvgIpc) is 3.05. The minimum atomic E-state index is -0.146. The van der Waals surface area contributed by atoms with Crippen molar-refractivity contribution in [1.29, 1.82) is 0 Å². The van der Waals surface area contributed by atoms with E-state index in [0.717, 1.165) is 0 Å². The first kappa shape index (κ1) is 16.5. The first-order valence-electron chi connectivity index (χ1n) is 6.76. The van der Waals surface area contributed by atoms with Crippen LogP contribution in [0.2, 0.25) is 0 Å². The van der Waals surface area contributed by atoms with Gasteiger partial charge < -0.3 is 14.4 Å². The van der Waals surface area contributed by atoms with Crippen molar-refractivity contribution in [3.63, 3.8) is 0 Å². The molecule has 0 bridgehead atoms. The Morgan fingerprint density at radius 3 is 2.41 bits per heavy atom. The second-order valence-corrected chi connectivity index (χ2v) is 5.25. The smallest absolute Gasteiger partial charge is 0.273 e. The zero-order valence-corrected chi connectivity index (χ0v) is 13.4. The number of methoxy groups -OCH3 is 2. The first-order chi connectivity index (χ1) is 10.8. The molecule has 8 heteroatoms. The Morgan fingerprint density at radius 1 is 1.18 bits per heavy atom. The lowest BCUT2D eigenvalue weighted by Gasteiger charge is -2.20. The number of carbonyl (C=O) groups is 1. The highest BCUT2D eigenvalue weighted by atomic mass is 32.1. The highest BCUT2D eigenvalue weighted by Gasteiger charge is 2.19. The van der Waals surface area contributed by atoms with Gasteiger partial charge in [-0.15, -0.1) is 11.3 Å². The summed E-state index contributed by atoms with van der Waals surface area (Å²) >= 11 is 1.35. The van der Waals surface area contributed by atoms with Gasteiger partial charge in [-0.3, -0.25) is 4.79 Å². The molecule has 0 aliphatic rings. The molecule has 0 aliphatic carbocycles. The second-order valence-electron chi connectivity index (χ2n) is 4.39. The summed E-state index contributed by atoms with van der Waals surface area (Å²) in [7, 11) is 3.21. The predicted octanol–water partition coefficient (Wildman–Crippen LogP) is 1.34. The van der Waals surface area contributed by atoms with Crippen molar-refractivity contribution in [2.24, 2.45) is 0 Å². The molecule has 118 valence electrons. The normalized spacial score (nSPS) is 10.6. The van der Waals surface area contributed by atoms with Crippen molar-refractivity contribution in [2.45, 2.75) is 0 Å². The molecule has 2 heterocycles. The number of nitrogens with zero attached hydrogens (tertiary/aromatic N) is 4. The number of hydrogen-bond acceptors (Lipinski definition) is 7. The van der Waals surface area contributed by atoms with E-state index in [1.807, 2.05) is 0 Å². The molecular weight excluding hydrogens is 304 g/mol. The molecule has 0 unspecified atom stereocenters. The Balaban J connectivity index is 2.11. The minimum Gasteiger partial charge on any atom is -0.383 e. The number of amides is 1. The van der Waals surface area contributed by atoms with Crippen LogP contribution in [-0.4, -0.2) is 66.3 Å².